The molecule has 0 radical (unpaired) electrons. The Bertz CT molecular complexity index is 691. The molecule has 24 heavy (non-hydrogen) atoms. The van der Waals surface area contributed by atoms with Gasteiger partial charge < -0.3 is 15.2 Å². The highest BCUT2D eigenvalue weighted by molar-refractivity contribution is 6.31. The molecule has 0 saturated heterocycles. The number of rotatable bonds is 5. The van der Waals surface area contributed by atoms with Crippen LogP contribution in [0.3, 0.4) is 0 Å². The van der Waals surface area contributed by atoms with Gasteiger partial charge in [0.05, 0.1) is 11.7 Å². The van der Waals surface area contributed by atoms with Gasteiger partial charge in [-0.1, -0.05) is 41.9 Å². The van der Waals surface area contributed by atoms with Crippen molar-refractivity contribution in [2.45, 2.75) is 39.7 Å². The molecule has 130 valence electrons. The summed E-state index contributed by atoms with van der Waals surface area (Å²) in [5, 5.41) is 11.5. The second-order valence-corrected chi connectivity index (χ2v) is 6.39. The molecule has 0 aliphatic rings. The minimum absolute atomic E-state index is 0.0549. The Morgan fingerprint density at radius 3 is 2.58 bits per heavy atom. The summed E-state index contributed by atoms with van der Waals surface area (Å²) in [7, 11) is 1.76. The van der Waals surface area contributed by atoms with Gasteiger partial charge in [-0.2, -0.15) is 0 Å². The molecule has 1 heterocycles. The van der Waals surface area contributed by atoms with E-state index in [0.717, 1.165) is 40.1 Å². The van der Waals surface area contributed by atoms with Crippen LogP contribution in [-0.2, 0) is 0 Å². The van der Waals surface area contributed by atoms with E-state index in [2.05, 4.69) is 34.6 Å². The summed E-state index contributed by atoms with van der Waals surface area (Å²) >= 11 is 6.26. The van der Waals surface area contributed by atoms with E-state index in [9.17, 15) is 0 Å². The quantitative estimate of drug-likeness (QED) is 0.634. The fourth-order valence-electron chi connectivity index (χ4n) is 2.85. The predicted octanol–water partition coefficient (Wildman–Crippen LogP) is 3.97. The third kappa shape index (κ3) is 4.29. The highest BCUT2D eigenvalue weighted by atomic mass is 35.5. The Kier molecular flexibility index (Phi) is 6.26. The number of nitrogens with zero attached hydrogens (tertiary/aromatic N) is 2. The fraction of sp³-hybridized carbons (Fsp3) is 0.444. The molecule has 0 aliphatic carbocycles. The van der Waals surface area contributed by atoms with Gasteiger partial charge in [-0.25, -0.2) is 0 Å². The van der Waals surface area contributed by atoms with E-state index >= 15 is 0 Å². The first-order valence-electron chi connectivity index (χ1n) is 8.08. The van der Waals surface area contributed by atoms with Gasteiger partial charge in [0.15, 0.2) is 5.96 Å². The van der Waals surface area contributed by atoms with E-state index in [1.165, 1.54) is 0 Å². The van der Waals surface area contributed by atoms with Gasteiger partial charge in [0.25, 0.3) is 0 Å². The molecule has 2 rings (SSSR count). The number of benzene rings is 1. The number of aryl methyl sites for hydroxylation is 2. The highest BCUT2D eigenvalue weighted by Gasteiger charge is 2.17. The Balaban J connectivity index is 1.97. The van der Waals surface area contributed by atoms with Crippen molar-refractivity contribution >= 4 is 17.6 Å². The maximum absolute atomic E-state index is 6.26. The van der Waals surface area contributed by atoms with Crippen molar-refractivity contribution in [2.75, 3.05) is 13.6 Å². The highest BCUT2D eigenvalue weighted by Crippen LogP contribution is 2.23. The van der Waals surface area contributed by atoms with E-state index in [-0.39, 0.29) is 12.0 Å². The minimum atomic E-state index is 0.0549. The molecule has 0 bridgehead atoms. The lowest BCUT2D eigenvalue weighted by Crippen LogP contribution is -2.40. The molecule has 6 heteroatoms. The largest absolute Gasteiger partial charge is 0.361 e. The van der Waals surface area contributed by atoms with Gasteiger partial charge in [-0.15, -0.1) is 0 Å². The first-order valence-corrected chi connectivity index (χ1v) is 8.46. The second-order valence-electron chi connectivity index (χ2n) is 5.98. The van der Waals surface area contributed by atoms with Crippen LogP contribution in [0.4, 0.5) is 0 Å². The monoisotopic (exact) mass is 348 g/mol. The van der Waals surface area contributed by atoms with E-state index < -0.39 is 0 Å². The Hall–Kier alpha value is -2.01. The van der Waals surface area contributed by atoms with Crippen LogP contribution >= 0.6 is 11.6 Å². The molecular formula is C18H25ClN4O. The number of hydrogen-bond acceptors (Lipinski definition) is 3. The third-order valence-corrected chi connectivity index (χ3v) is 4.45. The van der Waals surface area contributed by atoms with Crippen LogP contribution in [0.5, 0.6) is 0 Å². The molecule has 0 amide bonds. The van der Waals surface area contributed by atoms with Crippen LogP contribution in [0.2, 0.25) is 5.02 Å². The average molecular weight is 349 g/mol. The molecule has 5 nitrogen and oxygen atoms in total. The summed E-state index contributed by atoms with van der Waals surface area (Å²) in [4.78, 5) is 4.29. The van der Waals surface area contributed by atoms with Gasteiger partial charge in [0.1, 0.15) is 5.76 Å². The van der Waals surface area contributed by atoms with Crippen molar-refractivity contribution in [1.82, 2.24) is 15.8 Å². The number of halogens is 1. The predicted molar refractivity (Wildman–Crippen MR) is 98.8 cm³/mol. The van der Waals surface area contributed by atoms with Crippen molar-refractivity contribution in [3.8, 4) is 0 Å². The van der Waals surface area contributed by atoms with Crippen LogP contribution in [-0.4, -0.2) is 24.7 Å². The van der Waals surface area contributed by atoms with E-state index in [1.54, 1.807) is 7.05 Å². The summed E-state index contributed by atoms with van der Waals surface area (Å²) in [6.45, 7) is 8.85. The number of hydrogen-bond donors (Lipinski definition) is 2. The van der Waals surface area contributed by atoms with E-state index in [0.29, 0.717) is 0 Å². The van der Waals surface area contributed by atoms with E-state index in [1.807, 2.05) is 38.1 Å². The first kappa shape index (κ1) is 18.3. The van der Waals surface area contributed by atoms with Crippen LogP contribution in [0, 0.1) is 13.8 Å². The number of nitrogens with one attached hydrogen (secondary N) is 2. The van der Waals surface area contributed by atoms with Crippen LogP contribution in [0.25, 0.3) is 0 Å². The molecular weight excluding hydrogens is 324 g/mol. The Labute approximate surface area is 148 Å². The topological polar surface area (TPSA) is 62.5 Å². The average Bonchev–Trinajstić information content (AvgIpc) is 2.90. The van der Waals surface area contributed by atoms with Crippen molar-refractivity contribution in [1.29, 1.82) is 0 Å². The van der Waals surface area contributed by atoms with Crippen molar-refractivity contribution in [3.05, 3.63) is 51.9 Å². The Morgan fingerprint density at radius 1 is 1.29 bits per heavy atom. The number of guanidine groups is 1. The van der Waals surface area contributed by atoms with Gasteiger partial charge in [0.2, 0.25) is 0 Å². The zero-order valence-electron chi connectivity index (χ0n) is 14.9. The molecule has 2 atom stereocenters. The maximum atomic E-state index is 6.26. The molecule has 1 aromatic heterocycles. The zero-order chi connectivity index (χ0) is 17.7. The minimum Gasteiger partial charge on any atom is -0.361 e. The Morgan fingerprint density at radius 2 is 2.00 bits per heavy atom. The molecule has 0 fully saturated rings. The number of aliphatic imine (C=N–C) groups is 1. The second kappa shape index (κ2) is 8.20. The van der Waals surface area contributed by atoms with Crippen molar-refractivity contribution < 1.29 is 4.52 Å². The van der Waals surface area contributed by atoms with Gasteiger partial charge in [-0.05, 0) is 32.4 Å². The SMILES string of the molecule is CN=C(NCC(C)c1c(C)noc1C)NC(C)c1ccccc1Cl. The summed E-state index contributed by atoms with van der Waals surface area (Å²) in [6, 6.07) is 7.87. The fourth-order valence-corrected chi connectivity index (χ4v) is 3.15. The van der Waals surface area contributed by atoms with Gasteiger partial charge in [0, 0.05) is 30.1 Å². The standard InChI is InChI=1S/C18H25ClN4O/c1-11(17-13(3)23-24-14(17)4)10-21-18(20-5)22-12(2)15-8-6-7-9-16(15)19/h6-9,11-12H,10H2,1-5H3,(H2,20,21,22). The first-order chi connectivity index (χ1) is 11.4. The smallest absolute Gasteiger partial charge is 0.191 e. The van der Waals surface area contributed by atoms with Crippen molar-refractivity contribution in [2.24, 2.45) is 4.99 Å². The molecule has 0 saturated carbocycles. The third-order valence-electron chi connectivity index (χ3n) is 4.11. The van der Waals surface area contributed by atoms with E-state index in [4.69, 9.17) is 16.1 Å². The molecule has 0 aliphatic heterocycles. The summed E-state index contributed by atoms with van der Waals surface area (Å²) in [5.41, 5.74) is 3.13. The molecule has 0 spiro atoms. The molecule has 2 N–H and O–H groups in total. The molecule has 2 aromatic rings. The van der Waals surface area contributed by atoms with Crippen molar-refractivity contribution in [3.63, 3.8) is 0 Å². The normalized spacial score (nSPS) is 14.3. The lowest BCUT2D eigenvalue weighted by molar-refractivity contribution is 0.391. The summed E-state index contributed by atoms with van der Waals surface area (Å²) in [5.74, 6) is 1.88. The van der Waals surface area contributed by atoms with Gasteiger partial charge in [-0.3, -0.25) is 4.99 Å². The summed E-state index contributed by atoms with van der Waals surface area (Å²) in [6.07, 6.45) is 0. The lowest BCUT2D eigenvalue weighted by atomic mass is 10.00. The zero-order valence-corrected chi connectivity index (χ0v) is 15.6. The van der Waals surface area contributed by atoms with Gasteiger partial charge >= 0.3 is 0 Å². The maximum Gasteiger partial charge on any atom is 0.191 e. The summed E-state index contributed by atoms with van der Waals surface area (Å²) < 4.78 is 5.25. The van der Waals surface area contributed by atoms with Crippen LogP contribution in [0.15, 0.2) is 33.8 Å². The lowest BCUT2D eigenvalue weighted by Gasteiger charge is -2.21. The van der Waals surface area contributed by atoms with Crippen LogP contribution in [0.1, 0.15) is 48.4 Å². The number of aromatic nitrogens is 1. The molecule has 1 aromatic carbocycles. The van der Waals surface area contributed by atoms with Crippen LogP contribution < -0.4 is 10.6 Å². The molecule has 2 unspecified atom stereocenters.